The van der Waals surface area contributed by atoms with Crippen LogP contribution >= 0.6 is 0 Å². The van der Waals surface area contributed by atoms with Crippen LogP contribution in [0.2, 0.25) is 0 Å². The third-order valence-electron chi connectivity index (χ3n) is 6.61. The lowest BCUT2D eigenvalue weighted by atomic mass is 9.84. The number of piperidine rings is 1. The van der Waals surface area contributed by atoms with Crippen molar-refractivity contribution in [1.29, 1.82) is 0 Å². The Labute approximate surface area is 180 Å². The number of hydrogen-bond donors (Lipinski definition) is 1. The van der Waals surface area contributed by atoms with Crippen molar-refractivity contribution in [2.24, 2.45) is 17.6 Å². The Hall–Kier alpha value is -1.89. The quantitative estimate of drug-likeness (QED) is 0.759. The first-order valence-corrected chi connectivity index (χ1v) is 11.6. The van der Waals surface area contributed by atoms with Crippen LogP contribution in [0, 0.1) is 11.8 Å². The number of carbonyl (C=O) groups is 1. The van der Waals surface area contributed by atoms with E-state index >= 15 is 0 Å². The van der Waals surface area contributed by atoms with Crippen LogP contribution in [0.25, 0.3) is 0 Å². The van der Waals surface area contributed by atoms with Gasteiger partial charge in [0, 0.05) is 19.6 Å². The maximum absolute atomic E-state index is 13.0. The van der Waals surface area contributed by atoms with E-state index < -0.39 is 5.60 Å². The fourth-order valence-electron chi connectivity index (χ4n) is 4.44. The molecule has 7 nitrogen and oxygen atoms in total. The van der Waals surface area contributed by atoms with Crippen LogP contribution in [-0.4, -0.2) is 52.5 Å². The highest BCUT2D eigenvalue weighted by Gasteiger charge is 2.35. The zero-order chi connectivity index (χ0) is 21.3. The number of rotatable bonds is 6. The predicted molar refractivity (Wildman–Crippen MR) is 117 cm³/mol. The molecule has 2 aliphatic carbocycles. The summed E-state index contributed by atoms with van der Waals surface area (Å²) in [4.78, 5) is 17.3. The highest BCUT2D eigenvalue weighted by Crippen LogP contribution is 2.38. The van der Waals surface area contributed by atoms with Gasteiger partial charge in [-0.15, -0.1) is 5.10 Å². The molecular formula is C23H37N5O2. The molecule has 0 aromatic carbocycles. The van der Waals surface area contributed by atoms with Crippen molar-refractivity contribution < 1.29 is 9.53 Å². The van der Waals surface area contributed by atoms with Gasteiger partial charge in [-0.2, -0.15) is 5.10 Å². The van der Waals surface area contributed by atoms with E-state index in [1.165, 1.54) is 32.1 Å². The molecule has 0 radical (unpaired) electrons. The fraction of sp³-hybridized carbons (Fsp3) is 0.783. The lowest BCUT2D eigenvalue weighted by Crippen LogP contribution is -2.53. The molecule has 4 rings (SSSR count). The van der Waals surface area contributed by atoms with Crippen LogP contribution in [0.5, 0.6) is 0 Å². The van der Waals surface area contributed by atoms with E-state index in [9.17, 15) is 4.79 Å². The van der Waals surface area contributed by atoms with Crippen molar-refractivity contribution in [3.05, 3.63) is 17.8 Å². The molecular weight excluding hydrogens is 378 g/mol. The van der Waals surface area contributed by atoms with Crippen LogP contribution in [0.4, 0.5) is 10.6 Å². The lowest BCUT2D eigenvalue weighted by Gasteiger charge is -2.42. The van der Waals surface area contributed by atoms with E-state index in [1.54, 1.807) is 0 Å². The minimum absolute atomic E-state index is 0.00536. The van der Waals surface area contributed by atoms with E-state index in [0.717, 1.165) is 44.0 Å². The molecule has 7 heteroatoms. The predicted octanol–water partition coefficient (Wildman–Crippen LogP) is 3.89. The Kier molecular flexibility index (Phi) is 6.19. The van der Waals surface area contributed by atoms with Crippen molar-refractivity contribution in [2.45, 2.75) is 83.4 Å². The number of ether oxygens (including phenoxy) is 1. The summed E-state index contributed by atoms with van der Waals surface area (Å²) in [7, 11) is 0. The molecule has 1 unspecified atom stereocenters. The second-order valence-electron chi connectivity index (χ2n) is 10.4. The van der Waals surface area contributed by atoms with E-state index in [4.69, 9.17) is 10.5 Å². The molecule has 30 heavy (non-hydrogen) atoms. The van der Waals surface area contributed by atoms with Gasteiger partial charge in [-0.25, -0.2) is 4.79 Å². The molecule has 2 atom stereocenters. The number of amides is 1. The van der Waals surface area contributed by atoms with Crippen LogP contribution in [0.3, 0.4) is 0 Å². The number of hydrogen-bond acceptors (Lipinski definition) is 6. The molecule has 2 N–H and O–H groups in total. The maximum Gasteiger partial charge on any atom is 0.410 e. The van der Waals surface area contributed by atoms with Crippen LogP contribution in [0.15, 0.2) is 12.1 Å². The molecule has 3 aliphatic rings. The summed E-state index contributed by atoms with van der Waals surface area (Å²) in [6, 6.07) is 4.21. The van der Waals surface area contributed by atoms with Gasteiger partial charge in [-0.05, 0) is 83.3 Å². The van der Waals surface area contributed by atoms with Crippen molar-refractivity contribution >= 4 is 11.9 Å². The summed E-state index contributed by atoms with van der Waals surface area (Å²) in [5.41, 5.74) is 6.67. The Bertz CT molecular complexity index is 724. The molecule has 166 valence electrons. The number of anilines is 1. The second kappa shape index (κ2) is 8.69. The first-order chi connectivity index (χ1) is 14.3. The molecule has 1 saturated heterocycles. The van der Waals surface area contributed by atoms with Crippen LogP contribution in [0.1, 0.15) is 77.5 Å². The van der Waals surface area contributed by atoms with Gasteiger partial charge in [0.05, 0.1) is 17.8 Å². The smallest absolute Gasteiger partial charge is 0.410 e. The topological polar surface area (TPSA) is 84.6 Å². The van der Waals surface area contributed by atoms with E-state index in [2.05, 4.69) is 15.1 Å². The molecule has 1 amide bonds. The van der Waals surface area contributed by atoms with Gasteiger partial charge >= 0.3 is 6.09 Å². The zero-order valence-electron chi connectivity index (χ0n) is 18.7. The molecule has 2 saturated carbocycles. The molecule has 2 heterocycles. The molecule has 0 spiro atoms. The zero-order valence-corrected chi connectivity index (χ0v) is 18.7. The summed E-state index contributed by atoms with van der Waals surface area (Å²) in [6.07, 6.45) is 7.93. The van der Waals surface area contributed by atoms with Crippen molar-refractivity contribution in [1.82, 2.24) is 15.1 Å². The average molecular weight is 416 g/mol. The summed E-state index contributed by atoms with van der Waals surface area (Å²) in [5.74, 6) is 2.05. The van der Waals surface area contributed by atoms with Crippen LogP contribution < -0.4 is 10.6 Å². The Balaban J connectivity index is 1.43. The third-order valence-corrected chi connectivity index (χ3v) is 6.61. The average Bonchev–Trinajstić information content (AvgIpc) is 3.50. The SMILES string of the molecule is CC(C)(C)OC(=O)N(CC1CCC1)[C@@H]1CCCN(c2ccc(C(N)C3CC3)nn2)C1. The normalized spacial score (nSPS) is 23.6. The maximum atomic E-state index is 13.0. The van der Waals surface area contributed by atoms with Gasteiger partial charge in [0.2, 0.25) is 0 Å². The van der Waals surface area contributed by atoms with Gasteiger partial charge in [0.1, 0.15) is 5.60 Å². The summed E-state index contributed by atoms with van der Waals surface area (Å²) < 4.78 is 5.76. The fourth-order valence-corrected chi connectivity index (χ4v) is 4.44. The van der Waals surface area contributed by atoms with Crippen molar-refractivity contribution in [2.75, 3.05) is 24.5 Å². The summed E-state index contributed by atoms with van der Waals surface area (Å²) in [6.45, 7) is 8.31. The number of carbonyl (C=O) groups excluding carboxylic acids is 1. The van der Waals surface area contributed by atoms with Crippen molar-refractivity contribution in [3.8, 4) is 0 Å². The Morgan fingerprint density at radius 1 is 1.20 bits per heavy atom. The largest absolute Gasteiger partial charge is 0.444 e. The van der Waals surface area contributed by atoms with Gasteiger partial charge in [0.25, 0.3) is 0 Å². The number of aromatic nitrogens is 2. The molecule has 0 bridgehead atoms. The molecule has 3 fully saturated rings. The molecule has 1 aromatic rings. The van der Waals surface area contributed by atoms with Crippen LogP contribution in [-0.2, 0) is 4.74 Å². The van der Waals surface area contributed by atoms with Gasteiger partial charge in [-0.1, -0.05) is 6.42 Å². The summed E-state index contributed by atoms with van der Waals surface area (Å²) >= 11 is 0. The van der Waals surface area contributed by atoms with E-state index in [-0.39, 0.29) is 18.2 Å². The van der Waals surface area contributed by atoms with Gasteiger partial charge < -0.3 is 20.3 Å². The minimum Gasteiger partial charge on any atom is -0.444 e. The van der Waals surface area contributed by atoms with Gasteiger partial charge in [-0.3, -0.25) is 0 Å². The number of nitrogens with zero attached hydrogens (tertiary/aromatic N) is 4. The summed E-state index contributed by atoms with van der Waals surface area (Å²) in [5, 5.41) is 8.90. The Morgan fingerprint density at radius 2 is 1.97 bits per heavy atom. The minimum atomic E-state index is -0.481. The van der Waals surface area contributed by atoms with Gasteiger partial charge in [0.15, 0.2) is 5.82 Å². The highest BCUT2D eigenvalue weighted by atomic mass is 16.6. The second-order valence-corrected chi connectivity index (χ2v) is 10.4. The lowest BCUT2D eigenvalue weighted by molar-refractivity contribution is 0.00733. The monoisotopic (exact) mass is 415 g/mol. The first-order valence-electron chi connectivity index (χ1n) is 11.6. The van der Waals surface area contributed by atoms with E-state index in [0.29, 0.717) is 11.8 Å². The highest BCUT2D eigenvalue weighted by molar-refractivity contribution is 5.68. The molecule has 1 aliphatic heterocycles. The Morgan fingerprint density at radius 3 is 2.53 bits per heavy atom. The van der Waals surface area contributed by atoms with E-state index in [1.807, 2.05) is 37.8 Å². The first kappa shape index (κ1) is 21.3. The van der Waals surface area contributed by atoms with Crippen molar-refractivity contribution in [3.63, 3.8) is 0 Å². The third kappa shape index (κ3) is 5.23. The standard InChI is InChI=1S/C23H37N5O2/c1-23(2,3)30-22(29)28(14-16-6-4-7-16)18-8-5-13-27(15-18)20-12-11-19(25-26-20)21(24)17-9-10-17/h11-12,16-18,21H,4-10,13-15,24H2,1-3H3/t18-,21?/m1/s1. The number of nitrogens with two attached hydrogens (primary N) is 1. The molecule has 1 aromatic heterocycles.